The van der Waals surface area contributed by atoms with Crippen molar-refractivity contribution in [1.82, 2.24) is 14.9 Å². The average molecular weight is 440 g/mol. The zero-order chi connectivity index (χ0) is 22.1. The highest BCUT2D eigenvalue weighted by Crippen LogP contribution is 2.26. The molecule has 0 saturated heterocycles. The normalized spacial score (nSPS) is 12.2. The summed E-state index contributed by atoms with van der Waals surface area (Å²) in [5.74, 6) is 0.637. The van der Waals surface area contributed by atoms with Crippen molar-refractivity contribution in [3.8, 4) is 0 Å². The molecule has 5 heteroatoms. The largest absolute Gasteiger partial charge is 0.342 e. The number of imidazole rings is 1. The van der Waals surface area contributed by atoms with E-state index in [0.29, 0.717) is 17.1 Å². The van der Waals surface area contributed by atoms with Crippen molar-refractivity contribution < 1.29 is 4.79 Å². The van der Waals surface area contributed by atoms with Crippen LogP contribution in [0.2, 0.25) is 5.02 Å². The molecular formula is C27H22ClN3O. The Morgan fingerprint density at radius 3 is 2.59 bits per heavy atom. The summed E-state index contributed by atoms with van der Waals surface area (Å²) in [7, 11) is 0. The van der Waals surface area contributed by atoms with Crippen molar-refractivity contribution in [2.24, 2.45) is 0 Å². The van der Waals surface area contributed by atoms with Crippen molar-refractivity contribution >= 4 is 39.3 Å². The highest BCUT2D eigenvalue weighted by molar-refractivity contribution is 6.30. The molecule has 0 fully saturated rings. The molecule has 1 N–H and O–H groups in total. The lowest BCUT2D eigenvalue weighted by Crippen LogP contribution is -2.28. The summed E-state index contributed by atoms with van der Waals surface area (Å²) < 4.78 is 2.19. The standard InChI is InChI=1S/C27H22ClN3O/c1-18(29-27(32)20-10-7-12-22(28)16-20)26-30-24-14-4-5-15-25(24)31(26)17-21-11-6-9-19-8-2-3-13-23(19)21/h2-16,18H,17H2,1H3,(H,29,32). The predicted molar refractivity (Wildman–Crippen MR) is 130 cm³/mol. The van der Waals surface area contributed by atoms with Crippen LogP contribution in [0.15, 0.2) is 91.0 Å². The molecule has 1 unspecified atom stereocenters. The number of amides is 1. The summed E-state index contributed by atoms with van der Waals surface area (Å²) in [6, 6.07) is 29.5. The van der Waals surface area contributed by atoms with Gasteiger partial charge in [0.1, 0.15) is 5.82 Å². The maximum absolute atomic E-state index is 12.8. The average Bonchev–Trinajstić information content (AvgIpc) is 3.18. The number of para-hydroxylation sites is 2. The smallest absolute Gasteiger partial charge is 0.251 e. The maximum atomic E-state index is 12.8. The predicted octanol–water partition coefficient (Wildman–Crippen LogP) is 6.38. The SMILES string of the molecule is CC(NC(=O)c1cccc(Cl)c1)c1nc2ccccc2n1Cc1cccc2ccccc12. The molecule has 1 atom stereocenters. The second kappa shape index (κ2) is 8.48. The molecule has 1 amide bonds. The number of hydrogen-bond donors (Lipinski definition) is 1. The summed E-state index contributed by atoms with van der Waals surface area (Å²) in [5, 5.41) is 6.04. The molecule has 4 nitrogen and oxygen atoms in total. The van der Waals surface area contributed by atoms with Crippen LogP contribution in [-0.4, -0.2) is 15.5 Å². The summed E-state index contributed by atoms with van der Waals surface area (Å²) in [5.41, 5.74) is 3.69. The second-order valence-electron chi connectivity index (χ2n) is 7.89. The summed E-state index contributed by atoms with van der Waals surface area (Å²) in [6.45, 7) is 2.62. The van der Waals surface area contributed by atoms with Crippen LogP contribution in [0.4, 0.5) is 0 Å². The molecule has 5 rings (SSSR count). The topological polar surface area (TPSA) is 46.9 Å². The molecule has 0 radical (unpaired) electrons. The van der Waals surface area contributed by atoms with E-state index >= 15 is 0 Å². The number of carbonyl (C=O) groups excluding carboxylic acids is 1. The minimum atomic E-state index is -0.288. The molecule has 0 aliphatic heterocycles. The Balaban J connectivity index is 1.53. The van der Waals surface area contributed by atoms with Gasteiger partial charge in [0.15, 0.2) is 0 Å². The van der Waals surface area contributed by atoms with Gasteiger partial charge in [0.2, 0.25) is 0 Å². The van der Waals surface area contributed by atoms with Crippen molar-refractivity contribution in [2.75, 3.05) is 0 Å². The number of fused-ring (bicyclic) bond motifs is 2. The van der Waals surface area contributed by atoms with Crippen LogP contribution in [0.1, 0.15) is 34.7 Å². The molecule has 1 heterocycles. The third-order valence-electron chi connectivity index (χ3n) is 5.71. The molecule has 0 saturated carbocycles. The van der Waals surface area contributed by atoms with Gasteiger partial charge in [-0.05, 0) is 53.6 Å². The Hall–Kier alpha value is -3.63. The van der Waals surface area contributed by atoms with Crippen molar-refractivity contribution in [2.45, 2.75) is 19.5 Å². The van der Waals surface area contributed by atoms with Gasteiger partial charge in [-0.2, -0.15) is 0 Å². The first-order valence-corrected chi connectivity index (χ1v) is 11.0. The van der Waals surface area contributed by atoms with E-state index in [1.807, 2.05) is 25.1 Å². The summed E-state index contributed by atoms with van der Waals surface area (Å²) in [6.07, 6.45) is 0. The molecule has 4 aromatic carbocycles. The van der Waals surface area contributed by atoms with E-state index < -0.39 is 0 Å². The van der Waals surface area contributed by atoms with Gasteiger partial charge in [-0.15, -0.1) is 0 Å². The lowest BCUT2D eigenvalue weighted by molar-refractivity contribution is 0.0937. The third kappa shape index (κ3) is 3.85. The Morgan fingerprint density at radius 2 is 1.72 bits per heavy atom. The molecule has 32 heavy (non-hydrogen) atoms. The number of aromatic nitrogens is 2. The van der Waals surface area contributed by atoms with Crippen molar-refractivity contribution in [3.63, 3.8) is 0 Å². The summed E-state index contributed by atoms with van der Waals surface area (Å²) in [4.78, 5) is 17.7. The zero-order valence-electron chi connectivity index (χ0n) is 17.6. The fraction of sp³-hybridized carbons (Fsp3) is 0.111. The number of hydrogen-bond acceptors (Lipinski definition) is 2. The lowest BCUT2D eigenvalue weighted by atomic mass is 10.0. The molecule has 5 aromatic rings. The van der Waals surface area contributed by atoms with E-state index in [2.05, 4.69) is 58.4 Å². The van der Waals surface area contributed by atoms with Crippen LogP contribution in [0.3, 0.4) is 0 Å². The maximum Gasteiger partial charge on any atom is 0.251 e. The zero-order valence-corrected chi connectivity index (χ0v) is 18.4. The third-order valence-corrected chi connectivity index (χ3v) is 5.95. The van der Waals surface area contributed by atoms with Crippen LogP contribution in [0, 0.1) is 0 Å². The van der Waals surface area contributed by atoms with E-state index in [0.717, 1.165) is 16.9 Å². The van der Waals surface area contributed by atoms with Crippen LogP contribution in [0.5, 0.6) is 0 Å². The Labute approximate surface area is 191 Å². The van der Waals surface area contributed by atoms with Crippen LogP contribution in [-0.2, 0) is 6.54 Å². The number of benzene rings is 4. The van der Waals surface area contributed by atoms with Crippen molar-refractivity contribution in [3.05, 3.63) is 113 Å². The first-order valence-electron chi connectivity index (χ1n) is 10.6. The second-order valence-corrected chi connectivity index (χ2v) is 8.33. The molecule has 0 bridgehead atoms. The van der Waals surface area contributed by atoms with Gasteiger partial charge in [-0.3, -0.25) is 4.79 Å². The fourth-order valence-corrected chi connectivity index (χ4v) is 4.36. The monoisotopic (exact) mass is 439 g/mol. The molecule has 1 aromatic heterocycles. The Bertz CT molecular complexity index is 1430. The van der Waals surface area contributed by atoms with Gasteiger partial charge in [0, 0.05) is 10.6 Å². The summed E-state index contributed by atoms with van der Waals surface area (Å²) >= 11 is 6.06. The van der Waals surface area contributed by atoms with Gasteiger partial charge < -0.3 is 9.88 Å². The molecule has 0 spiro atoms. The van der Waals surface area contributed by atoms with Gasteiger partial charge in [0.25, 0.3) is 5.91 Å². The van der Waals surface area contributed by atoms with Crippen LogP contribution < -0.4 is 5.32 Å². The molecular weight excluding hydrogens is 418 g/mol. The fourth-order valence-electron chi connectivity index (χ4n) is 4.17. The number of rotatable bonds is 5. The lowest BCUT2D eigenvalue weighted by Gasteiger charge is -2.17. The number of nitrogens with zero attached hydrogens (tertiary/aromatic N) is 2. The number of halogens is 1. The molecule has 0 aliphatic rings. The van der Waals surface area contributed by atoms with Crippen LogP contribution in [0.25, 0.3) is 21.8 Å². The van der Waals surface area contributed by atoms with Gasteiger partial charge in [0.05, 0.1) is 23.6 Å². The first kappa shape index (κ1) is 20.3. The highest BCUT2D eigenvalue weighted by Gasteiger charge is 2.20. The minimum absolute atomic E-state index is 0.177. The van der Waals surface area contributed by atoms with E-state index in [1.54, 1.807) is 24.3 Å². The van der Waals surface area contributed by atoms with Crippen molar-refractivity contribution in [1.29, 1.82) is 0 Å². The van der Waals surface area contributed by atoms with E-state index in [4.69, 9.17) is 16.6 Å². The Morgan fingerprint density at radius 1 is 0.969 bits per heavy atom. The number of carbonyl (C=O) groups is 1. The van der Waals surface area contributed by atoms with Gasteiger partial charge >= 0.3 is 0 Å². The van der Waals surface area contributed by atoms with E-state index in [1.165, 1.54) is 16.3 Å². The molecule has 158 valence electrons. The van der Waals surface area contributed by atoms with E-state index in [9.17, 15) is 4.79 Å². The van der Waals surface area contributed by atoms with E-state index in [-0.39, 0.29) is 11.9 Å². The minimum Gasteiger partial charge on any atom is -0.342 e. The molecule has 0 aliphatic carbocycles. The highest BCUT2D eigenvalue weighted by atomic mass is 35.5. The van der Waals surface area contributed by atoms with Crippen LogP contribution >= 0.6 is 11.6 Å². The van der Waals surface area contributed by atoms with Gasteiger partial charge in [-0.25, -0.2) is 4.98 Å². The first-order chi connectivity index (χ1) is 15.6. The number of nitrogens with one attached hydrogen (secondary N) is 1. The Kier molecular flexibility index (Phi) is 5.38. The van der Waals surface area contributed by atoms with Gasteiger partial charge in [-0.1, -0.05) is 72.3 Å². The quantitative estimate of drug-likeness (QED) is 0.345.